The summed E-state index contributed by atoms with van der Waals surface area (Å²) in [5.41, 5.74) is 5.25. The second-order valence-corrected chi connectivity index (χ2v) is 7.69. The predicted octanol–water partition coefficient (Wildman–Crippen LogP) is 4.53. The van der Waals surface area contributed by atoms with Gasteiger partial charge >= 0.3 is 0 Å². The van der Waals surface area contributed by atoms with E-state index in [1.165, 1.54) is 5.56 Å². The van der Waals surface area contributed by atoms with Crippen LogP contribution in [0.15, 0.2) is 79.1 Å². The molecule has 0 spiro atoms. The van der Waals surface area contributed by atoms with Crippen molar-refractivity contribution < 1.29 is 9.53 Å². The molecule has 2 heterocycles. The Morgan fingerprint density at radius 3 is 2.74 bits per heavy atom. The summed E-state index contributed by atoms with van der Waals surface area (Å²) in [6.07, 6.45) is 5.03. The quantitative estimate of drug-likeness (QED) is 0.462. The Labute approximate surface area is 182 Å². The van der Waals surface area contributed by atoms with E-state index in [1.54, 1.807) is 7.11 Å². The molecule has 2 aromatic heterocycles. The van der Waals surface area contributed by atoms with Crippen LogP contribution < -0.4 is 10.1 Å². The van der Waals surface area contributed by atoms with Crippen molar-refractivity contribution in [3.63, 3.8) is 0 Å². The van der Waals surface area contributed by atoms with Crippen LogP contribution in [0.4, 0.5) is 0 Å². The van der Waals surface area contributed by atoms with E-state index >= 15 is 0 Å². The van der Waals surface area contributed by atoms with Gasteiger partial charge in [0.15, 0.2) is 0 Å². The molecule has 0 saturated carbocycles. The third kappa shape index (κ3) is 4.77. The predicted molar refractivity (Wildman–Crippen MR) is 123 cm³/mol. The molecular weight excluding hydrogens is 386 g/mol. The van der Waals surface area contributed by atoms with E-state index in [2.05, 4.69) is 26.8 Å². The monoisotopic (exact) mass is 413 g/mol. The lowest BCUT2D eigenvalue weighted by Gasteiger charge is -2.18. The van der Waals surface area contributed by atoms with Crippen LogP contribution in [0.3, 0.4) is 0 Å². The number of nitrogens with one attached hydrogen (secondary N) is 1. The maximum atomic E-state index is 12.9. The highest BCUT2D eigenvalue weighted by atomic mass is 16.5. The second kappa shape index (κ2) is 9.47. The van der Waals surface area contributed by atoms with Gasteiger partial charge in [-0.1, -0.05) is 48.5 Å². The first-order valence-electron chi connectivity index (χ1n) is 10.5. The van der Waals surface area contributed by atoms with Crippen LogP contribution in [0.5, 0.6) is 5.75 Å². The molecule has 31 heavy (non-hydrogen) atoms. The fourth-order valence-electron chi connectivity index (χ4n) is 3.93. The number of carbonyl (C=O) groups is 1. The van der Waals surface area contributed by atoms with Crippen LogP contribution in [0, 0.1) is 6.92 Å². The first kappa shape index (κ1) is 20.7. The Morgan fingerprint density at radius 1 is 1.10 bits per heavy atom. The van der Waals surface area contributed by atoms with E-state index in [1.807, 2.05) is 73.9 Å². The van der Waals surface area contributed by atoms with Crippen molar-refractivity contribution in [3.05, 3.63) is 102 Å². The van der Waals surface area contributed by atoms with E-state index in [4.69, 9.17) is 4.74 Å². The molecule has 0 aliphatic carbocycles. The lowest BCUT2D eigenvalue weighted by molar-refractivity contribution is -0.121. The van der Waals surface area contributed by atoms with Crippen LogP contribution in [-0.2, 0) is 11.2 Å². The SMILES string of the molecule is COc1cccc(C(CC(=O)NCCc2ccccc2)c2cnc3c(C)cccn23)c1. The number of aryl methyl sites for hydroxylation is 1. The number of imidazole rings is 1. The minimum atomic E-state index is -0.136. The largest absolute Gasteiger partial charge is 0.497 e. The smallest absolute Gasteiger partial charge is 0.221 e. The molecule has 0 bridgehead atoms. The van der Waals surface area contributed by atoms with Crippen molar-refractivity contribution >= 4 is 11.6 Å². The zero-order valence-corrected chi connectivity index (χ0v) is 17.9. The number of hydrogen-bond donors (Lipinski definition) is 1. The van der Waals surface area contributed by atoms with E-state index in [0.29, 0.717) is 13.0 Å². The number of rotatable bonds is 8. The summed E-state index contributed by atoms with van der Waals surface area (Å²) in [5.74, 6) is 0.659. The zero-order chi connectivity index (χ0) is 21.6. The normalized spacial score (nSPS) is 11.9. The van der Waals surface area contributed by atoms with Crippen molar-refractivity contribution in [1.29, 1.82) is 0 Å². The Morgan fingerprint density at radius 2 is 1.94 bits per heavy atom. The number of ether oxygens (including phenoxy) is 1. The first-order valence-corrected chi connectivity index (χ1v) is 10.5. The van der Waals surface area contributed by atoms with Gasteiger partial charge in [-0.05, 0) is 48.2 Å². The summed E-state index contributed by atoms with van der Waals surface area (Å²) in [6.45, 7) is 2.66. The maximum Gasteiger partial charge on any atom is 0.221 e. The van der Waals surface area contributed by atoms with Crippen LogP contribution in [0.25, 0.3) is 5.65 Å². The molecular formula is C26H27N3O2. The summed E-state index contributed by atoms with van der Waals surface area (Å²) in [4.78, 5) is 17.5. The topological polar surface area (TPSA) is 55.6 Å². The number of aromatic nitrogens is 2. The van der Waals surface area contributed by atoms with E-state index in [-0.39, 0.29) is 11.8 Å². The summed E-state index contributed by atoms with van der Waals surface area (Å²) in [5, 5.41) is 3.08. The molecule has 0 fully saturated rings. The Hall–Kier alpha value is -3.60. The van der Waals surface area contributed by atoms with Crippen LogP contribution >= 0.6 is 0 Å². The van der Waals surface area contributed by atoms with Gasteiger partial charge in [0.1, 0.15) is 11.4 Å². The molecule has 0 aliphatic rings. The molecule has 5 nitrogen and oxygen atoms in total. The molecule has 1 unspecified atom stereocenters. The maximum absolute atomic E-state index is 12.9. The standard InChI is InChI=1S/C26H27N3O2/c1-19-8-7-15-29-24(18-28-26(19)29)23(21-11-6-12-22(16-21)31-2)17-25(30)27-14-13-20-9-4-3-5-10-20/h3-12,15-16,18,23H,13-14,17H2,1-2H3,(H,27,30). The van der Waals surface area contributed by atoms with Gasteiger partial charge in [-0.15, -0.1) is 0 Å². The number of nitrogens with zero attached hydrogens (tertiary/aromatic N) is 2. The Kier molecular flexibility index (Phi) is 6.32. The van der Waals surface area contributed by atoms with Gasteiger partial charge in [-0.25, -0.2) is 4.98 Å². The third-order valence-corrected chi connectivity index (χ3v) is 5.58. The van der Waals surface area contributed by atoms with Crippen molar-refractivity contribution in [2.75, 3.05) is 13.7 Å². The fourth-order valence-corrected chi connectivity index (χ4v) is 3.93. The van der Waals surface area contributed by atoms with Crippen LogP contribution in [-0.4, -0.2) is 28.9 Å². The lowest BCUT2D eigenvalue weighted by atomic mass is 9.92. The number of hydrogen-bond acceptors (Lipinski definition) is 3. The highest BCUT2D eigenvalue weighted by Crippen LogP contribution is 2.31. The number of fused-ring (bicyclic) bond motifs is 1. The Balaban J connectivity index is 1.58. The van der Waals surface area contributed by atoms with Gasteiger partial charge in [0.25, 0.3) is 0 Å². The van der Waals surface area contributed by atoms with Crippen LogP contribution in [0.2, 0.25) is 0 Å². The molecule has 5 heteroatoms. The van der Waals surface area contributed by atoms with Crippen LogP contribution in [0.1, 0.15) is 34.7 Å². The molecule has 0 aliphatic heterocycles. The lowest BCUT2D eigenvalue weighted by Crippen LogP contribution is -2.27. The number of benzene rings is 2. The van der Waals surface area contributed by atoms with Gasteiger partial charge in [0, 0.05) is 31.3 Å². The highest BCUT2D eigenvalue weighted by Gasteiger charge is 2.22. The van der Waals surface area contributed by atoms with Gasteiger partial charge < -0.3 is 14.5 Å². The number of carbonyl (C=O) groups excluding carboxylic acids is 1. The van der Waals surface area contributed by atoms with Gasteiger partial charge in [0.2, 0.25) is 5.91 Å². The van der Waals surface area contributed by atoms with Gasteiger partial charge in [-0.2, -0.15) is 0 Å². The fraction of sp³-hybridized carbons (Fsp3) is 0.231. The average molecular weight is 414 g/mol. The molecule has 1 atom stereocenters. The van der Waals surface area contributed by atoms with E-state index in [0.717, 1.165) is 34.6 Å². The zero-order valence-electron chi connectivity index (χ0n) is 17.9. The summed E-state index contributed by atoms with van der Waals surface area (Å²) in [7, 11) is 1.65. The van der Waals surface area contributed by atoms with Crippen molar-refractivity contribution in [1.82, 2.24) is 14.7 Å². The minimum absolute atomic E-state index is 0.0198. The van der Waals surface area contributed by atoms with Crippen molar-refractivity contribution in [3.8, 4) is 5.75 Å². The van der Waals surface area contributed by atoms with Crippen molar-refractivity contribution in [2.45, 2.75) is 25.7 Å². The summed E-state index contributed by atoms with van der Waals surface area (Å²) in [6, 6.07) is 22.2. The molecule has 1 N–H and O–H groups in total. The average Bonchev–Trinajstić information content (AvgIpc) is 3.23. The highest BCUT2D eigenvalue weighted by molar-refractivity contribution is 5.77. The van der Waals surface area contributed by atoms with Gasteiger partial charge in [-0.3, -0.25) is 4.79 Å². The molecule has 2 aromatic carbocycles. The second-order valence-electron chi connectivity index (χ2n) is 7.69. The van der Waals surface area contributed by atoms with E-state index < -0.39 is 0 Å². The number of pyridine rings is 1. The molecule has 4 rings (SSSR count). The molecule has 158 valence electrons. The van der Waals surface area contributed by atoms with E-state index in [9.17, 15) is 4.79 Å². The minimum Gasteiger partial charge on any atom is -0.497 e. The molecule has 4 aromatic rings. The molecule has 0 radical (unpaired) electrons. The number of methoxy groups -OCH3 is 1. The first-order chi connectivity index (χ1) is 15.2. The van der Waals surface area contributed by atoms with Gasteiger partial charge in [0.05, 0.1) is 12.8 Å². The summed E-state index contributed by atoms with van der Waals surface area (Å²) >= 11 is 0. The Bertz CT molecular complexity index is 1170. The summed E-state index contributed by atoms with van der Waals surface area (Å²) < 4.78 is 7.50. The molecule has 0 saturated heterocycles. The number of amides is 1. The van der Waals surface area contributed by atoms with Crippen molar-refractivity contribution in [2.24, 2.45) is 0 Å². The molecule has 1 amide bonds. The third-order valence-electron chi connectivity index (χ3n) is 5.58.